The maximum absolute atomic E-state index is 11.6. The van der Waals surface area contributed by atoms with E-state index in [1.807, 2.05) is 20.8 Å². The van der Waals surface area contributed by atoms with Gasteiger partial charge in [-0.2, -0.15) is 0 Å². The lowest BCUT2D eigenvalue weighted by Crippen LogP contribution is -2.35. The van der Waals surface area contributed by atoms with Gasteiger partial charge in [0.25, 0.3) is 0 Å². The van der Waals surface area contributed by atoms with Gasteiger partial charge in [-0.05, 0) is 45.0 Å². The Hall–Kier alpha value is -1.95. The van der Waals surface area contributed by atoms with Gasteiger partial charge < -0.3 is 19.6 Å². The smallest absolute Gasteiger partial charge is 0.407 e. The van der Waals surface area contributed by atoms with Crippen LogP contribution in [0.25, 0.3) is 0 Å². The Labute approximate surface area is 140 Å². The van der Waals surface area contributed by atoms with Crippen LogP contribution >= 0.6 is 11.6 Å². The van der Waals surface area contributed by atoms with Crippen LogP contribution in [0.1, 0.15) is 27.2 Å². The maximum atomic E-state index is 11.6. The van der Waals surface area contributed by atoms with Gasteiger partial charge in [-0.1, -0.05) is 16.8 Å². The third-order valence-corrected chi connectivity index (χ3v) is 3.13. The molecule has 1 aromatic rings. The average molecular weight is 341 g/mol. The lowest BCUT2D eigenvalue weighted by Gasteiger charge is -2.19. The van der Waals surface area contributed by atoms with E-state index in [4.69, 9.17) is 25.9 Å². The molecule has 23 heavy (non-hydrogen) atoms. The summed E-state index contributed by atoms with van der Waals surface area (Å²) in [4.78, 5) is 16.9. The van der Waals surface area contributed by atoms with Gasteiger partial charge in [0.2, 0.25) is 0 Å². The Kier molecular flexibility index (Phi) is 5.71. The fourth-order valence-electron chi connectivity index (χ4n) is 1.89. The highest BCUT2D eigenvalue weighted by molar-refractivity contribution is 6.30. The van der Waals surface area contributed by atoms with Crippen LogP contribution in [-0.4, -0.2) is 36.7 Å². The molecule has 0 fully saturated rings. The first-order valence-corrected chi connectivity index (χ1v) is 7.76. The number of amides is 1. The van der Waals surface area contributed by atoms with Gasteiger partial charge in [0.05, 0.1) is 12.3 Å². The lowest BCUT2D eigenvalue weighted by atomic mass is 10.2. The minimum absolute atomic E-state index is 0.166. The number of carbonyl (C=O) groups is 1. The van der Waals surface area contributed by atoms with Gasteiger partial charge in [0, 0.05) is 11.4 Å². The van der Waals surface area contributed by atoms with E-state index in [9.17, 15) is 4.79 Å². The molecule has 126 valence electrons. The first-order valence-electron chi connectivity index (χ1n) is 7.38. The fraction of sp³-hybridized carbons (Fsp3) is 0.500. The van der Waals surface area contributed by atoms with Crippen molar-refractivity contribution in [2.45, 2.75) is 38.9 Å². The zero-order valence-corrected chi connectivity index (χ0v) is 14.2. The standard InChI is InChI=1S/C16H21ClN2O4/c1-16(2,3)22-15(20)18-9-12-8-14(23-19-12)10-21-13-6-4-11(17)5-7-13/h4-7,14H,8-10H2,1-3H3,(H,18,20). The first-order chi connectivity index (χ1) is 10.8. The molecule has 0 saturated heterocycles. The number of halogens is 1. The highest BCUT2D eigenvalue weighted by Crippen LogP contribution is 2.17. The molecule has 0 saturated carbocycles. The second-order valence-electron chi connectivity index (χ2n) is 6.21. The molecule has 1 N–H and O–H groups in total. The van der Waals surface area contributed by atoms with Gasteiger partial charge >= 0.3 is 6.09 Å². The number of alkyl carbamates (subject to hydrolysis) is 1. The molecule has 6 nitrogen and oxygen atoms in total. The van der Waals surface area contributed by atoms with Gasteiger partial charge in [0.15, 0.2) is 6.10 Å². The highest BCUT2D eigenvalue weighted by Gasteiger charge is 2.23. The zero-order chi connectivity index (χ0) is 16.9. The van der Waals surface area contributed by atoms with Crippen LogP contribution in [0.2, 0.25) is 5.02 Å². The summed E-state index contributed by atoms with van der Waals surface area (Å²) >= 11 is 5.82. The van der Waals surface area contributed by atoms with E-state index in [0.29, 0.717) is 24.6 Å². The minimum atomic E-state index is -0.521. The molecule has 1 atom stereocenters. The SMILES string of the molecule is CC(C)(C)OC(=O)NCC1=NOC(COc2ccc(Cl)cc2)C1. The van der Waals surface area contributed by atoms with Gasteiger partial charge in [0.1, 0.15) is 18.0 Å². The van der Waals surface area contributed by atoms with Crippen molar-refractivity contribution in [3.8, 4) is 5.75 Å². The quantitative estimate of drug-likeness (QED) is 0.892. The molecule has 1 aliphatic rings. The minimum Gasteiger partial charge on any atom is -0.490 e. The largest absolute Gasteiger partial charge is 0.490 e. The summed E-state index contributed by atoms with van der Waals surface area (Å²) in [6.07, 6.45) is -0.0363. The molecule has 0 spiro atoms. The van der Waals surface area contributed by atoms with E-state index in [-0.39, 0.29) is 6.10 Å². The molecule has 1 aromatic carbocycles. The number of carbonyl (C=O) groups excluding carboxylic acids is 1. The van der Waals surface area contributed by atoms with Crippen LogP contribution in [-0.2, 0) is 9.57 Å². The fourth-order valence-corrected chi connectivity index (χ4v) is 2.01. The van der Waals surface area contributed by atoms with Crippen LogP contribution < -0.4 is 10.1 Å². The summed E-state index contributed by atoms with van der Waals surface area (Å²) in [6.45, 7) is 6.11. The molecule has 7 heteroatoms. The van der Waals surface area contributed by atoms with Crippen molar-refractivity contribution in [2.24, 2.45) is 5.16 Å². The topological polar surface area (TPSA) is 69.2 Å². The lowest BCUT2D eigenvalue weighted by molar-refractivity contribution is 0.0471. The van der Waals surface area contributed by atoms with E-state index in [1.54, 1.807) is 24.3 Å². The van der Waals surface area contributed by atoms with Crippen LogP contribution in [0.3, 0.4) is 0 Å². The third-order valence-electron chi connectivity index (χ3n) is 2.88. The number of oxime groups is 1. The Morgan fingerprint density at radius 3 is 2.74 bits per heavy atom. The van der Waals surface area contributed by atoms with Crippen LogP contribution in [0.4, 0.5) is 4.79 Å². The monoisotopic (exact) mass is 340 g/mol. The van der Waals surface area contributed by atoms with Crippen molar-refractivity contribution in [3.63, 3.8) is 0 Å². The van der Waals surface area contributed by atoms with Crippen LogP contribution in [0, 0.1) is 0 Å². The molecule has 2 rings (SSSR count). The second-order valence-corrected chi connectivity index (χ2v) is 6.65. The van der Waals surface area contributed by atoms with E-state index in [1.165, 1.54) is 0 Å². The van der Waals surface area contributed by atoms with Gasteiger partial charge in [-0.15, -0.1) is 0 Å². The molecule has 0 radical (unpaired) electrons. The van der Waals surface area contributed by atoms with Gasteiger partial charge in [-0.25, -0.2) is 4.79 Å². The normalized spacial score (nSPS) is 17.2. The van der Waals surface area contributed by atoms with Gasteiger partial charge in [-0.3, -0.25) is 0 Å². The molecule has 1 unspecified atom stereocenters. The molecular formula is C16H21ClN2O4. The third kappa shape index (κ3) is 6.36. The van der Waals surface area contributed by atoms with E-state index in [2.05, 4.69) is 10.5 Å². The Balaban J connectivity index is 1.67. The second kappa shape index (κ2) is 7.55. The molecule has 1 aliphatic heterocycles. The Morgan fingerprint density at radius 2 is 2.09 bits per heavy atom. The summed E-state index contributed by atoms with van der Waals surface area (Å²) in [5, 5.41) is 7.27. The maximum Gasteiger partial charge on any atom is 0.407 e. The van der Waals surface area contributed by atoms with Crippen molar-refractivity contribution < 1.29 is 19.1 Å². The van der Waals surface area contributed by atoms with Crippen molar-refractivity contribution in [3.05, 3.63) is 29.3 Å². The number of hydrogen-bond acceptors (Lipinski definition) is 5. The number of rotatable bonds is 5. The number of nitrogens with one attached hydrogen (secondary N) is 1. The number of nitrogens with zero attached hydrogens (tertiary/aromatic N) is 1. The van der Waals surface area contributed by atoms with E-state index in [0.717, 1.165) is 11.5 Å². The average Bonchev–Trinajstić information content (AvgIpc) is 2.91. The number of ether oxygens (including phenoxy) is 2. The Morgan fingerprint density at radius 1 is 1.39 bits per heavy atom. The highest BCUT2D eigenvalue weighted by atomic mass is 35.5. The molecular weight excluding hydrogens is 320 g/mol. The summed E-state index contributed by atoms with van der Waals surface area (Å²) in [5.74, 6) is 0.721. The predicted octanol–water partition coefficient (Wildman–Crippen LogP) is 3.39. The van der Waals surface area contributed by atoms with Crippen LogP contribution in [0.5, 0.6) is 5.75 Å². The predicted molar refractivity (Wildman–Crippen MR) is 88.1 cm³/mol. The Bertz CT molecular complexity index is 566. The van der Waals surface area contributed by atoms with E-state index < -0.39 is 11.7 Å². The summed E-state index contributed by atoms with van der Waals surface area (Å²) in [6, 6.07) is 7.12. The first kappa shape index (κ1) is 17.4. The number of benzene rings is 1. The molecule has 1 heterocycles. The molecule has 0 bridgehead atoms. The summed E-state index contributed by atoms with van der Waals surface area (Å²) in [7, 11) is 0. The summed E-state index contributed by atoms with van der Waals surface area (Å²) in [5.41, 5.74) is 0.230. The van der Waals surface area contributed by atoms with Crippen molar-refractivity contribution in [2.75, 3.05) is 13.2 Å². The van der Waals surface area contributed by atoms with E-state index >= 15 is 0 Å². The number of hydrogen-bond donors (Lipinski definition) is 1. The van der Waals surface area contributed by atoms with Crippen molar-refractivity contribution in [1.82, 2.24) is 5.32 Å². The van der Waals surface area contributed by atoms with Crippen molar-refractivity contribution >= 4 is 23.4 Å². The molecule has 0 aromatic heterocycles. The van der Waals surface area contributed by atoms with Crippen molar-refractivity contribution in [1.29, 1.82) is 0 Å². The molecule has 1 amide bonds. The van der Waals surface area contributed by atoms with Crippen LogP contribution in [0.15, 0.2) is 29.4 Å². The molecule has 0 aliphatic carbocycles. The summed E-state index contributed by atoms with van der Waals surface area (Å²) < 4.78 is 10.8. The zero-order valence-electron chi connectivity index (χ0n) is 13.5.